The van der Waals surface area contributed by atoms with Gasteiger partial charge < -0.3 is 25.4 Å². The molecule has 3 heterocycles. The summed E-state index contributed by atoms with van der Waals surface area (Å²) in [5, 5.41) is 7.01. The van der Waals surface area contributed by atoms with Crippen LogP contribution in [0.4, 0.5) is 20.7 Å². The number of nitrogens with zero attached hydrogens (tertiary/aromatic N) is 5. The number of likely N-dealkylation sites (tertiary alicyclic amines) is 1. The van der Waals surface area contributed by atoms with E-state index in [1.807, 2.05) is 20.8 Å². The maximum absolute atomic E-state index is 13.3. The molecule has 1 saturated heterocycles. The number of benzene rings is 2. The fourth-order valence-corrected chi connectivity index (χ4v) is 4.26. The summed E-state index contributed by atoms with van der Waals surface area (Å²) in [7, 11) is 0. The molecule has 2 aromatic heterocycles. The van der Waals surface area contributed by atoms with Crippen LogP contribution in [0.5, 0.6) is 0 Å². The van der Waals surface area contributed by atoms with E-state index in [0.29, 0.717) is 35.6 Å². The van der Waals surface area contributed by atoms with Gasteiger partial charge in [0.2, 0.25) is 6.10 Å². The van der Waals surface area contributed by atoms with Gasteiger partial charge >= 0.3 is 12.1 Å². The lowest BCUT2D eigenvalue weighted by Crippen LogP contribution is -2.52. The lowest BCUT2D eigenvalue weighted by Gasteiger charge is -2.39. The van der Waals surface area contributed by atoms with Gasteiger partial charge in [0, 0.05) is 36.1 Å². The molecule has 13 heteroatoms. The molecule has 1 aliphatic rings. The van der Waals surface area contributed by atoms with Crippen molar-refractivity contribution in [2.75, 3.05) is 24.1 Å². The fraction of sp³-hybridized carbons (Fsp3) is 0.267. The minimum absolute atomic E-state index is 0.0568. The third-order valence-corrected chi connectivity index (χ3v) is 6.46. The minimum Gasteiger partial charge on any atom is -0.444 e. The number of halogens is 1. The number of aromatic nitrogens is 4. The monoisotopic (exact) mass is 587 g/mol. The van der Waals surface area contributed by atoms with Crippen LogP contribution in [0.3, 0.4) is 0 Å². The molecule has 0 aliphatic carbocycles. The number of nitrogen functional groups attached to an aromatic ring is 1. The van der Waals surface area contributed by atoms with Crippen molar-refractivity contribution in [1.82, 2.24) is 24.6 Å². The number of nitrogens with two attached hydrogens (primary N) is 1. The standard InChI is InChI=1S/C30H30FN7O5/c1-30(2,3)43-29(41)37-16-22(17-37)38-15-19(13-34-38)23-14-33-26(32)24(36-23)28(40)42-25(18-7-5-4-6-8-18)27(39)35-21-11-9-20(31)10-12-21/h4-15,22,25H,16-17H2,1-3H3,(H2,32,33)(H,35,39)/t25-/m1/s1. The molecule has 43 heavy (non-hydrogen) atoms. The van der Waals surface area contributed by atoms with Gasteiger partial charge in [-0.2, -0.15) is 5.10 Å². The number of anilines is 2. The van der Waals surface area contributed by atoms with E-state index in [1.165, 1.54) is 30.5 Å². The van der Waals surface area contributed by atoms with E-state index in [2.05, 4.69) is 20.4 Å². The second kappa shape index (κ2) is 11.9. The van der Waals surface area contributed by atoms with Crippen molar-refractivity contribution in [3.63, 3.8) is 0 Å². The lowest BCUT2D eigenvalue weighted by atomic mass is 10.1. The fourth-order valence-electron chi connectivity index (χ4n) is 4.26. The van der Waals surface area contributed by atoms with Gasteiger partial charge in [0.25, 0.3) is 5.91 Å². The van der Waals surface area contributed by atoms with Gasteiger partial charge in [0.15, 0.2) is 11.5 Å². The summed E-state index contributed by atoms with van der Waals surface area (Å²) in [6, 6.07) is 13.5. The average molecular weight is 588 g/mol. The molecule has 12 nitrogen and oxygen atoms in total. The Labute approximate surface area is 246 Å². The van der Waals surface area contributed by atoms with Crippen molar-refractivity contribution in [3.8, 4) is 11.3 Å². The van der Waals surface area contributed by atoms with Crippen molar-refractivity contribution in [2.45, 2.75) is 38.5 Å². The number of amides is 2. The summed E-state index contributed by atoms with van der Waals surface area (Å²) < 4.78 is 26.0. The Balaban J connectivity index is 1.30. The van der Waals surface area contributed by atoms with Crippen LogP contribution in [-0.2, 0) is 14.3 Å². The highest BCUT2D eigenvalue weighted by Crippen LogP contribution is 2.27. The highest BCUT2D eigenvalue weighted by molar-refractivity contribution is 5.99. The molecule has 0 bridgehead atoms. The number of hydrogen-bond acceptors (Lipinski definition) is 9. The Kier molecular flexibility index (Phi) is 8.06. The van der Waals surface area contributed by atoms with Crippen molar-refractivity contribution in [1.29, 1.82) is 0 Å². The third kappa shape index (κ3) is 6.94. The summed E-state index contributed by atoms with van der Waals surface area (Å²) in [6.45, 7) is 6.29. The average Bonchev–Trinajstić information content (AvgIpc) is 3.41. The van der Waals surface area contributed by atoms with Crippen LogP contribution >= 0.6 is 0 Å². The highest BCUT2D eigenvalue weighted by atomic mass is 19.1. The predicted molar refractivity (Wildman–Crippen MR) is 154 cm³/mol. The number of hydrogen-bond donors (Lipinski definition) is 2. The Morgan fingerprint density at radius 1 is 1.05 bits per heavy atom. The topological polar surface area (TPSA) is 155 Å². The molecule has 0 saturated carbocycles. The van der Waals surface area contributed by atoms with Gasteiger partial charge in [0.1, 0.15) is 11.4 Å². The smallest absolute Gasteiger partial charge is 0.410 e. The van der Waals surface area contributed by atoms with E-state index < -0.39 is 29.4 Å². The molecular formula is C30H30FN7O5. The largest absolute Gasteiger partial charge is 0.444 e. The van der Waals surface area contributed by atoms with E-state index in [0.717, 1.165) is 0 Å². The summed E-state index contributed by atoms with van der Waals surface area (Å²) in [5.74, 6) is -2.26. The highest BCUT2D eigenvalue weighted by Gasteiger charge is 2.35. The second-order valence-electron chi connectivity index (χ2n) is 10.9. The predicted octanol–water partition coefficient (Wildman–Crippen LogP) is 4.39. The number of nitrogens with one attached hydrogen (secondary N) is 1. The van der Waals surface area contributed by atoms with Crippen molar-refractivity contribution < 1.29 is 28.2 Å². The zero-order valence-electron chi connectivity index (χ0n) is 23.7. The molecule has 222 valence electrons. The van der Waals surface area contributed by atoms with E-state index in [1.54, 1.807) is 52.3 Å². The number of esters is 1. The zero-order valence-corrected chi connectivity index (χ0v) is 23.7. The van der Waals surface area contributed by atoms with Crippen LogP contribution in [-0.4, -0.2) is 61.3 Å². The minimum atomic E-state index is -1.36. The van der Waals surface area contributed by atoms with E-state index >= 15 is 0 Å². The maximum atomic E-state index is 13.3. The summed E-state index contributed by atoms with van der Waals surface area (Å²) >= 11 is 0. The molecule has 0 unspecified atom stereocenters. The molecular weight excluding hydrogens is 557 g/mol. The lowest BCUT2D eigenvalue weighted by molar-refractivity contribution is -0.125. The molecule has 4 aromatic rings. The molecule has 2 amide bonds. The zero-order chi connectivity index (χ0) is 30.7. The normalized spacial score (nSPS) is 14.0. The van der Waals surface area contributed by atoms with Gasteiger partial charge in [-0.25, -0.2) is 23.9 Å². The van der Waals surface area contributed by atoms with E-state index in [4.69, 9.17) is 15.2 Å². The Hall–Kier alpha value is -5.33. The second-order valence-corrected chi connectivity index (χ2v) is 10.9. The van der Waals surface area contributed by atoms with Crippen LogP contribution in [0.2, 0.25) is 0 Å². The van der Waals surface area contributed by atoms with Crippen LogP contribution in [0.25, 0.3) is 11.3 Å². The first-order valence-corrected chi connectivity index (χ1v) is 13.4. The van der Waals surface area contributed by atoms with Crippen molar-refractivity contribution in [2.24, 2.45) is 0 Å². The molecule has 3 N–H and O–H groups in total. The third-order valence-electron chi connectivity index (χ3n) is 6.46. The molecule has 1 aliphatic heterocycles. The number of carbonyl (C=O) groups excluding carboxylic acids is 3. The van der Waals surface area contributed by atoms with Gasteiger partial charge in [-0.15, -0.1) is 0 Å². The Morgan fingerprint density at radius 3 is 2.42 bits per heavy atom. The number of carbonyl (C=O) groups is 3. The molecule has 0 spiro atoms. The van der Waals surface area contributed by atoms with Gasteiger partial charge in [-0.3, -0.25) is 9.48 Å². The van der Waals surface area contributed by atoms with Crippen molar-refractivity contribution >= 4 is 29.5 Å². The van der Waals surface area contributed by atoms with Crippen LogP contribution in [0, 0.1) is 5.82 Å². The SMILES string of the molecule is CC(C)(C)OC(=O)N1CC(n2cc(-c3cnc(N)c(C(=O)O[C@@H](C(=O)Nc4ccc(F)cc4)c4ccccc4)n3)cn2)C1. The molecule has 1 fully saturated rings. The molecule has 0 radical (unpaired) electrons. The quantitative estimate of drug-likeness (QED) is 0.300. The maximum Gasteiger partial charge on any atom is 0.410 e. The first-order valence-electron chi connectivity index (χ1n) is 13.4. The van der Waals surface area contributed by atoms with Gasteiger partial charge in [0.05, 0.1) is 24.1 Å². The first kappa shape index (κ1) is 29.2. The Morgan fingerprint density at radius 2 is 1.74 bits per heavy atom. The van der Waals surface area contributed by atoms with E-state index in [9.17, 15) is 18.8 Å². The van der Waals surface area contributed by atoms with Crippen LogP contribution in [0.15, 0.2) is 73.2 Å². The first-order chi connectivity index (χ1) is 20.5. The molecule has 2 aromatic carbocycles. The van der Waals surface area contributed by atoms with Gasteiger partial charge in [-0.05, 0) is 45.0 Å². The molecule has 5 rings (SSSR count). The summed E-state index contributed by atoms with van der Waals surface area (Å²) in [5.41, 5.74) is 6.72. The van der Waals surface area contributed by atoms with Gasteiger partial charge in [-0.1, -0.05) is 30.3 Å². The van der Waals surface area contributed by atoms with Crippen molar-refractivity contribution in [3.05, 3.63) is 90.3 Å². The van der Waals surface area contributed by atoms with E-state index in [-0.39, 0.29) is 23.6 Å². The van der Waals surface area contributed by atoms with Crippen LogP contribution in [0.1, 0.15) is 49.0 Å². The summed E-state index contributed by atoms with van der Waals surface area (Å²) in [6.07, 6.45) is 2.95. The number of ether oxygens (including phenoxy) is 2. The number of rotatable bonds is 7. The van der Waals surface area contributed by atoms with Crippen LogP contribution < -0.4 is 11.1 Å². The molecule has 1 atom stereocenters. The Bertz CT molecular complexity index is 1630. The summed E-state index contributed by atoms with van der Waals surface area (Å²) in [4.78, 5) is 48.8.